The third kappa shape index (κ3) is 3.11. The molecule has 0 spiro atoms. The molecule has 25 heavy (non-hydrogen) atoms. The molecule has 0 aliphatic rings. The molecule has 0 radical (unpaired) electrons. The number of nitrogens with zero attached hydrogens (tertiary/aromatic N) is 1. The summed E-state index contributed by atoms with van der Waals surface area (Å²) in [5.74, 6) is -0.680. The number of esters is 1. The molecule has 1 unspecified atom stereocenters. The lowest BCUT2D eigenvalue weighted by molar-refractivity contribution is -0.142. The number of hydrogen-bond donors (Lipinski definition) is 1. The fourth-order valence-electron chi connectivity index (χ4n) is 3.12. The van der Waals surface area contributed by atoms with Crippen molar-refractivity contribution in [3.8, 4) is 17.3 Å². The predicted molar refractivity (Wildman–Crippen MR) is 98.5 cm³/mol. The lowest BCUT2D eigenvalue weighted by atomic mass is 9.91. The highest BCUT2D eigenvalue weighted by molar-refractivity contribution is 6.31. The first-order valence-electron chi connectivity index (χ1n) is 7.98. The SMILES string of the molecule is CCC(C(=O)OC)c1c(-c2ccc(C#N)cc2)[nH]c2ccc(Cl)cc12. The zero-order valence-electron chi connectivity index (χ0n) is 14.0. The van der Waals surface area contributed by atoms with Crippen LogP contribution in [0.15, 0.2) is 42.5 Å². The molecule has 0 fully saturated rings. The average Bonchev–Trinajstić information content (AvgIpc) is 3.01. The second-order valence-electron chi connectivity index (χ2n) is 5.78. The number of hydrogen-bond acceptors (Lipinski definition) is 3. The number of H-pyrrole nitrogens is 1. The van der Waals surface area contributed by atoms with Crippen LogP contribution in [-0.4, -0.2) is 18.1 Å². The van der Waals surface area contributed by atoms with Gasteiger partial charge in [-0.25, -0.2) is 0 Å². The van der Waals surface area contributed by atoms with Crippen molar-refractivity contribution in [3.05, 3.63) is 58.6 Å². The van der Waals surface area contributed by atoms with Crippen molar-refractivity contribution in [2.75, 3.05) is 7.11 Å². The number of aromatic nitrogens is 1. The molecule has 1 N–H and O–H groups in total. The number of rotatable bonds is 4. The molecule has 3 rings (SSSR count). The normalized spacial score (nSPS) is 11.9. The maximum absolute atomic E-state index is 12.3. The third-order valence-corrected chi connectivity index (χ3v) is 4.58. The highest BCUT2D eigenvalue weighted by Gasteiger charge is 2.27. The van der Waals surface area contributed by atoms with Gasteiger partial charge in [0.05, 0.1) is 30.4 Å². The van der Waals surface area contributed by atoms with Crippen LogP contribution in [0.25, 0.3) is 22.2 Å². The summed E-state index contributed by atoms with van der Waals surface area (Å²) in [6, 6.07) is 15.0. The number of fused-ring (bicyclic) bond motifs is 1. The van der Waals surface area contributed by atoms with Crippen molar-refractivity contribution in [1.82, 2.24) is 4.98 Å². The number of benzene rings is 2. The molecule has 4 nitrogen and oxygen atoms in total. The van der Waals surface area contributed by atoms with Crippen LogP contribution < -0.4 is 0 Å². The molecule has 0 bridgehead atoms. The van der Waals surface area contributed by atoms with Gasteiger partial charge in [0.15, 0.2) is 0 Å². The van der Waals surface area contributed by atoms with E-state index >= 15 is 0 Å². The lowest BCUT2D eigenvalue weighted by Crippen LogP contribution is -2.14. The summed E-state index contributed by atoms with van der Waals surface area (Å²) in [6.45, 7) is 1.95. The van der Waals surface area contributed by atoms with Gasteiger partial charge >= 0.3 is 5.97 Å². The highest BCUT2D eigenvalue weighted by atomic mass is 35.5. The van der Waals surface area contributed by atoms with E-state index in [1.165, 1.54) is 7.11 Å². The van der Waals surface area contributed by atoms with Crippen LogP contribution in [0.5, 0.6) is 0 Å². The Morgan fingerprint density at radius 3 is 2.60 bits per heavy atom. The number of methoxy groups -OCH3 is 1. The minimum absolute atomic E-state index is 0.279. The fraction of sp³-hybridized carbons (Fsp3) is 0.200. The van der Waals surface area contributed by atoms with Crippen molar-refractivity contribution in [1.29, 1.82) is 5.26 Å². The van der Waals surface area contributed by atoms with Crippen LogP contribution in [-0.2, 0) is 9.53 Å². The highest BCUT2D eigenvalue weighted by Crippen LogP contribution is 2.38. The van der Waals surface area contributed by atoms with Crippen molar-refractivity contribution < 1.29 is 9.53 Å². The third-order valence-electron chi connectivity index (χ3n) is 4.35. The first-order chi connectivity index (χ1) is 12.1. The second kappa shape index (κ2) is 7.00. The Hall–Kier alpha value is -2.77. The average molecular weight is 353 g/mol. The molecular formula is C20H17ClN2O2. The molecule has 0 amide bonds. The monoisotopic (exact) mass is 352 g/mol. The van der Waals surface area contributed by atoms with Gasteiger partial charge in [0, 0.05) is 15.9 Å². The van der Waals surface area contributed by atoms with Crippen molar-refractivity contribution in [2.45, 2.75) is 19.3 Å². The van der Waals surface area contributed by atoms with Crippen LogP contribution >= 0.6 is 11.6 Å². The van der Waals surface area contributed by atoms with E-state index in [-0.39, 0.29) is 5.97 Å². The minimum atomic E-state index is -0.400. The topological polar surface area (TPSA) is 65.9 Å². The molecule has 0 saturated heterocycles. The smallest absolute Gasteiger partial charge is 0.313 e. The number of halogens is 1. The maximum atomic E-state index is 12.3. The summed E-state index contributed by atoms with van der Waals surface area (Å²) in [6.07, 6.45) is 0.607. The van der Waals surface area contributed by atoms with Crippen LogP contribution in [0, 0.1) is 11.3 Å². The number of nitriles is 1. The van der Waals surface area contributed by atoms with Gasteiger partial charge in [0.25, 0.3) is 0 Å². The largest absolute Gasteiger partial charge is 0.469 e. The molecule has 1 atom stereocenters. The van der Waals surface area contributed by atoms with Gasteiger partial charge in [-0.15, -0.1) is 0 Å². The van der Waals surface area contributed by atoms with Gasteiger partial charge in [0.1, 0.15) is 0 Å². The second-order valence-corrected chi connectivity index (χ2v) is 6.21. The summed E-state index contributed by atoms with van der Waals surface area (Å²) >= 11 is 6.18. The zero-order valence-corrected chi connectivity index (χ0v) is 14.7. The summed E-state index contributed by atoms with van der Waals surface area (Å²) in [5, 5.41) is 10.5. The van der Waals surface area contributed by atoms with Gasteiger partial charge < -0.3 is 9.72 Å². The van der Waals surface area contributed by atoms with E-state index in [9.17, 15) is 4.79 Å². The number of carbonyl (C=O) groups excluding carboxylic acids is 1. The first-order valence-corrected chi connectivity index (χ1v) is 8.36. The molecule has 0 aliphatic carbocycles. The van der Waals surface area contributed by atoms with E-state index in [4.69, 9.17) is 21.6 Å². The molecule has 5 heteroatoms. The molecule has 2 aromatic carbocycles. The van der Waals surface area contributed by atoms with E-state index in [1.54, 1.807) is 12.1 Å². The quantitative estimate of drug-likeness (QED) is 0.670. The van der Waals surface area contributed by atoms with Gasteiger partial charge in [-0.3, -0.25) is 4.79 Å². The lowest BCUT2D eigenvalue weighted by Gasteiger charge is -2.15. The van der Waals surface area contributed by atoms with Crippen molar-refractivity contribution in [2.24, 2.45) is 0 Å². The molecule has 1 aromatic heterocycles. The molecule has 0 aliphatic heterocycles. The van der Waals surface area contributed by atoms with E-state index < -0.39 is 5.92 Å². The van der Waals surface area contributed by atoms with E-state index in [1.807, 2.05) is 37.3 Å². The van der Waals surface area contributed by atoms with Crippen LogP contribution in [0.2, 0.25) is 5.02 Å². The van der Waals surface area contributed by atoms with Crippen LogP contribution in [0.3, 0.4) is 0 Å². The summed E-state index contributed by atoms with van der Waals surface area (Å²) in [7, 11) is 1.40. The number of carbonyl (C=O) groups is 1. The predicted octanol–water partition coefficient (Wildman–Crippen LogP) is 5.03. The molecule has 1 heterocycles. The Morgan fingerprint density at radius 1 is 1.28 bits per heavy atom. The van der Waals surface area contributed by atoms with E-state index in [0.29, 0.717) is 17.0 Å². The summed E-state index contributed by atoms with van der Waals surface area (Å²) in [4.78, 5) is 15.7. The van der Waals surface area contributed by atoms with Gasteiger partial charge in [-0.05, 0) is 47.9 Å². The minimum Gasteiger partial charge on any atom is -0.469 e. The molecule has 0 saturated carbocycles. The maximum Gasteiger partial charge on any atom is 0.313 e. The molecule has 126 valence electrons. The van der Waals surface area contributed by atoms with Gasteiger partial charge in [-0.2, -0.15) is 5.26 Å². The standard InChI is InChI=1S/C20H17ClN2O2/c1-3-15(20(24)25-2)18-16-10-14(21)8-9-17(16)23-19(18)13-6-4-12(11-22)5-7-13/h4-10,15,23H,3H2,1-2H3. The van der Waals surface area contributed by atoms with Crippen LogP contribution in [0.1, 0.15) is 30.4 Å². The Kier molecular flexibility index (Phi) is 4.78. The van der Waals surface area contributed by atoms with E-state index in [0.717, 1.165) is 27.7 Å². The number of ether oxygens (including phenoxy) is 1. The van der Waals surface area contributed by atoms with Crippen LogP contribution in [0.4, 0.5) is 0 Å². The Morgan fingerprint density at radius 2 is 2.00 bits per heavy atom. The number of nitrogens with one attached hydrogen (secondary N) is 1. The van der Waals surface area contributed by atoms with Crippen molar-refractivity contribution >= 4 is 28.5 Å². The Labute approximate surface area is 151 Å². The van der Waals surface area contributed by atoms with Crippen molar-refractivity contribution in [3.63, 3.8) is 0 Å². The van der Waals surface area contributed by atoms with Gasteiger partial charge in [-0.1, -0.05) is 30.7 Å². The number of aromatic amines is 1. The molecule has 3 aromatic rings. The Bertz CT molecular complexity index is 968. The zero-order chi connectivity index (χ0) is 18.0. The first kappa shape index (κ1) is 17.1. The van der Waals surface area contributed by atoms with E-state index in [2.05, 4.69) is 11.1 Å². The summed E-state index contributed by atoms with van der Waals surface area (Å²) in [5.41, 5.74) is 4.12. The molecular weight excluding hydrogens is 336 g/mol. The Balaban J connectivity index is 2.28. The summed E-state index contributed by atoms with van der Waals surface area (Å²) < 4.78 is 5.00. The van der Waals surface area contributed by atoms with Gasteiger partial charge in [0.2, 0.25) is 0 Å². The fourth-order valence-corrected chi connectivity index (χ4v) is 3.29.